The zero-order valence-electron chi connectivity index (χ0n) is 25.0. The standard InChI is InChI=1S/C35H38ClN3O4S/c1-3-23-37-35(41)33(24-28-11-7-5-8-12-28)38(25-29-15-19-30(36)20-16-29)34(40)26-39(31-21-17-27(4-2)18-22-31)44(42,43)32-13-9-6-10-14-32/h5-22,33H,3-4,23-26H2,1-2H3,(H,37,41)/t33-/m0/s1. The predicted octanol–water partition coefficient (Wildman–Crippen LogP) is 6.26. The molecule has 0 fully saturated rings. The van der Waals surface area contributed by atoms with Crippen LogP contribution in [0.15, 0.2) is 114 Å². The summed E-state index contributed by atoms with van der Waals surface area (Å²) < 4.78 is 29.2. The zero-order chi connectivity index (χ0) is 31.5. The molecule has 4 aromatic carbocycles. The van der Waals surface area contributed by atoms with Crippen molar-refractivity contribution in [2.45, 2.75) is 50.6 Å². The van der Waals surface area contributed by atoms with Crippen LogP contribution in [0, 0.1) is 0 Å². The van der Waals surface area contributed by atoms with Crippen molar-refractivity contribution >= 4 is 39.1 Å². The van der Waals surface area contributed by atoms with Gasteiger partial charge in [0.1, 0.15) is 12.6 Å². The molecule has 0 heterocycles. The minimum atomic E-state index is -4.13. The second-order valence-electron chi connectivity index (χ2n) is 10.5. The van der Waals surface area contributed by atoms with Crippen LogP contribution in [0.3, 0.4) is 0 Å². The Balaban J connectivity index is 1.78. The molecular formula is C35H38ClN3O4S. The van der Waals surface area contributed by atoms with E-state index in [1.807, 2.05) is 56.3 Å². The van der Waals surface area contributed by atoms with Crippen LogP contribution in [0.1, 0.15) is 37.0 Å². The molecule has 9 heteroatoms. The number of anilines is 1. The van der Waals surface area contributed by atoms with E-state index >= 15 is 0 Å². The summed E-state index contributed by atoms with van der Waals surface area (Å²) in [5.41, 5.74) is 3.04. The van der Waals surface area contributed by atoms with E-state index in [1.54, 1.807) is 54.6 Å². The molecule has 0 spiro atoms. The van der Waals surface area contributed by atoms with Gasteiger partial charge in [0, 0.05) is 24.5 Å². The molecule has 0 aliphatic carbocycles. The van der Waals surface area contributed by atoms with E-state index in [0.29, 0.717) is 17.3 Å². The summed E-state index contributed by atoms with van der Waals surface area (Å²) in [5, 5.41) is 3.50. The number of aryl methyl sites for hydroxylation is 1. The van der Waals surface area contributed by atoms with Gasteiger partial charge < -0.3 is 10.2 Å². The number of hydrogen-bond donors (Lipinski definition) is 1. The maximum absolute atomic E-state index is 14.4. The number of sulfonamides is 1. The fraction of sp³-hybridized carbons (Fsp3) is 0.257. The average molecular weight is 632 g/mol. The number of nitrogens with one attached hydrogen (secondary N) is 1. The van der Waals surface area contributed by atoms with Gasteiger partial charge in [0.15, 0.2) is 0 Å². The van der Waals surface area contributed by atoms with E-state index in [4.69, 9.17) is 11.6 Å². The number of hydrogen-bond acceptors (Lipinski definition) is 4. The topological polar surface area (TPSA) is 86.8 Å². The van der Waals surface area contributed by atoms with E-state index in [2.05, 4.69) is 5.32 Å². The van der Waals surface area contributed by atoms with Crippen LogP contribution in [-0.2, 0) is 39.0 Å². The quantitative estimate of drug-likeness (QED) is 0.178. The van der Waals surface area contributed by atoms with Gasteiger partial charge in [-0.1, -0.05) is 98.2 Å². The smallest absolute Gasteiger partial charge is 0.264 e. The Morgan fingerprint density at radius 2 is 1.36 bits per heavy atom. The van der Waals surface area contributed by atoms with Gasteiger partial charge in [-0.3, -0.25) is 13.9 Å². The van der Waals surface area contributed by atoms with E-state index in [1.165, 1.54) is 17.0 Å². The highest BCUT2D eigenvalue weighted by Gasteiger charge is 2.34. The number of carbonyl (C=O) groups excluding carboxylic acids is 2. The van der Waals surface area contributed by atoms with Crippen molar-refractivity contribution < 1.29 is 18.0 Å². The number of carbonyl (C=O) groups is 2. The van der Waals surface area contributed by atoms with Gasteiger partial charge in [-0.15, -0.1) is 0 Å². The van der Waals surface area contributed by atoms with Crippen LogP contribution < -0.4 is 9.62 Å². The van der Waals surface area contributed by atoms with Gasteiger partial charge in [-0.2, -0.15) is 0 Å². The van der Waals surface area contributed by atoms with Gasteiger partial charge in [0.05, 0.1) is 10.6 Å². The normalized spacial score (nSPS) is 11.9. The first kappa shape index (κ1) is 32.8. The third-order valence-electron chi connectivity index (χ3n) is 7.33. The van der Waals surface area contributed by atoms with E-state index < -0.39 is 28.5 Å². The van der Waals surface area contributed by atoms with Gasteiger partial charge in [-0.25, -0.2) is 8.42 Å². The Kier molecular flexibility index (Phi) is 11.6. The second-order valence-corrected chi connectivity index (χ2v) is 12.8. The first-order chi connectivity index (χ1) is 21.2. The molecule has 0 radical (unpaired) electrons. The summed E-state index contributed by atoms with van der Waals surface area (Å²) in [5.74, 6) is -0.811. The van der Waals surface area contributed by atoms with Crippen LogP contribution in [0.25, 0.3) is 0 Å². The lowest BCUT2D eigenvalue weighted by Crippen LogP contribution is -2.53. The number of halogens is 1. The second kappa shape index (κ2) is 15.5. The number of benzene rings is 4. The summed E-state index contributed by atoms with van der Waals surface area (Å²) in [4.78, 5) is 29.7. The Morgan fingerprint density at radius 3 is 1.95 bits per heavy atom. The molecule has 0 aliphatic rings. The molecule has 2 amide bonds. The first-order valence-corrected chi connectivity index (χ1v) is 16.6. The number of nitrogens with zero attached hydrogens (tertiary/aromatic N) is 2. The zero-order valence-corrected chi connectivity index (χ0v) is 26.6. The molecule has 4 aromatic rings. The Morgan fingerprint density at radius 1 is 0.773 bits per heavy atom. The highest BCUT2D eigenvalue weighted by molar-refractivity contribution is 7.92. The highest BCUT2D eigenvalue weighted by Crippen LogP contribution is 2.26. The molecule has 230 valence electrons. The van der Waals surface area contributed by atoms with Gasteiger partial charge >= 0.3 is 0 Å². The summed E-state index contributed by atoms with van der Waals surface area (Å²) in [6.45, 7) is 4.01. The van der Waals surface area contributed by atoms with Crippen molar-refractivity contribution in [3.63, 3.8) is 0 Å². The predicted molar refractivity (Wildman–Crippen MR) is 176 cm³/mol. The van der Waals surface area contributed by atoms with E-state index in [-0.39, 0.29) is 23.8 Å². The molecule has 0 unspecified atom stereocenters. The third kappa shape index (κ3) is 8.49. The molecule has 0 aromatic heterocycles. The third-order valence-corrected chi connectivity index (χ3v) is 9.37. The Bertz CT molecular complexity index is 1610. The summed E-state index contributed by atoms with van der Waals surface area (Å²) >= 11 is 6.14. The summed E-state index contributed by atoms with van der Waals surface area (Å²) in [6, 6.07) is 30.8. The van der Waals surface area contributed by atoms with Crippen LogP contribution >= 0.6 is 11.6 Å². The molecule has 7 nitrogen and oxygen atoms in total. The van der Waals surface area contributed by atoms with Crippen LogP contribution in [0.2, 0.25) is 5.02 Å². The fourth-order valence-electron chi connectivity index (χ4n) is 4.85. The van der Waals surface area contributed by atoms with Crippen molar-refractivity contribution in [3.05, 3.63) is 131 Å². The molecule has 0 saturated carbocycles. The molecule has 1 N–H and O–H groups in total. The molecule has 0 bridgehead atoms. The van der Waals surface area contributed by atoms with Crippen LogP contribution in [0.4, 0.5) is 5.69 Å². The summed E-state index contributed by atoms with van der Waals surface area (Å²) in [6.07, 6.45) is 1.77. The largest absolute Gasteiger partial charge is 0.354 e. The molecule has 4 rings (SSSR count). The molecule has 0 aliphatic heterocycles. The number of rotatable bonds is 14. The van der Waals surface area contributed by atoms with Gasteiger partial charge in [-0.05, 0) is 65.9 Å². The summed E-state index contributed by atoms with van der Waals surface area (Å²) in [7, 11) is -4.13. The lowest BCUT2D eigenvalue weighted by molar-refractivity contribution is -0.140. The van der Waals surface area contributed by atoms with Crippen molar-refractivity contribution in [2.75, 3.05) is 17.4 Å². The molecular weight excluding hydrogens is 594 g/mol. The van der Waals surface area contributed by atoms with Crippen molar-refractivity contribution in [2.24, 2.45) is 0 Å². The number of amides is 2. The van der Waals surface area contributed by atoms with Crippen molar-refractivity contribution in [3.8, 4) is 0 Å². The average Bonchev–Trinajstić information content (AvgIpc) is 3.05. The van der Waals surface area contributed by atoms with Crippen LogP contribution in [0.5, 0.6) is 0 Å². The Hall–Kier alpha value is -4.14. The van der Waals surface area contributed by atoms with E-state index in [9.17, 15) is 18.0 Å². The lowest BCUT2D eigenvalue weighted by Gasteiger charge is -2.34. The van der Waals surface area contributed by atoms with Gasteiger partial charge in [0.25, 0.3) is 10.0 Å². The molecule has 1 atom stereocenters. The lowest BCUT2D eigenvalue weighted by atomic mass is 10.0. The monoisotopic (exact) mass is 631 g/mol. The minimum absolute atomic E-state index is 0.0677. The van der Waals surface area contributed by atoms with Crippen molar-refractivity contribution in [1.29, 1.82) is 0 Å². The maximum Gasteiger partial charge on any atom is 0.264 e. The Labute approximate surface area is 265 Å². The first-order valence-electron chi connectivity index (χ1n) is 14.7. The SMILES string of the molecule is CCCNC(=O)[C@H](Cc1ccccc1)N(Cc1ccc(Cl)cc1)C(=O)CN(c1ccc(CC)cc1)S(=O)(=O)c1ccccc1. The van der Waals surface area contributed by atoms with Gasteiger partial charge in [0.2, 0.25) is 11.8 Å². The van der Waals surface area contributed by atoms with Crippen molar-refractivity contribution in [1.82, 2.24) is 10.2 Å². The van der Waals surface area contributed by atoms with E-state index in [0.717, 1.165) is 33.8 Å². The highest BCUT2D eigenvalue weighted by atomic mass is 35.5. The fourth-order valence-corrected chi connectivity index (χ4v) is 6.41. The molecule has 0 saturated heterocycles. The minimum Gasteiger partial charge on any atom is -0.354 e. The molecule has 44 heavy (non-hydrogen) atoms. The maximum atomic E-state index is 14.4. The van der Waals surface area contributed by atoms with Crippen LogP contribution in [-0.4, -0.2) is 44.3 Å².